The molecule has 0 aliphatic rings. The van der Waals surface area contributed by atoms with Crippen LogP contribution in [0.25, 0.3) is 0 Å². The van der Waals surface area contributed by atoms with Gasteiger partial charge in [-0.1, -0.05) is 6.07 Å². The van der Waals surface area contributed by atoms with E-state index in [1.165, 1.54) is 11.1 Å². The number of thiophene rings is 1. The zero-order valence-electron chi connectivity index (χ0n) is 10.3. The first kappa shape index (κ1) is 13.6. The summed E-state index contributed by atoms with van der Waals surface area (Å²) in [6, 6.07) is 7.09. The van der Waals surface area contributed by atoms with Crippen molar-refractivity contribution in [1.82, 2.24) is 10.6 Å². The highest BCUT2D eigenvalue weighted by Crippen LogP contribution is 2.11. The van der Waals surface area contributed by atoms with Crippen LogP contribution >= 0.6 is 11.3 Å². The summed E-state index contributed by atoms with van der Waals surface area (Å²) in [6.45, 7) is 0.696. The Hall–Kier alpha value is -1.79. The van der Waals surface area contributed by atoms with Crippen LogP contribution in [0.1, 0.15) is 16.7 Å². The van der Waals surface area contributed by atoms with Gasteiger partial charge in [-0.3, -0.25) is 0 Å². The fourth-order valence-corrected chi connectivity index (χ4v) is 2.30. The molecule has 1 unspecified atom stereocenters. The third kappa shape index (κ3) is 4.42. The molecule has 0 saturated carbocycles. The number of carbonyl (C=O) groups excluding carboxylic acids is 1. The van der Waals surface area contributed by atoms with Crippen molar-refractivity contribution in [3.8, 4) is 0 Å². The van der Waals surface area contributed by atoms with E-state index in [0.29, 0.717) is 12.3 Å². The van der Waals surface area contributed by atoms with E-state index < -0.39 is 6.10 Å². The molecule has 2 amide bonds. The number of hydrogen-bond donors (Lipinski definition) is 3. The smallest absolute Gasteiger partial charge is 0.314 e. The normalized spacial score (nSPS) is 12.1. The maximum atomic E-state index is 11.5. The van der Waals surface area contributed by atoms with E-state index in [1.807, 2.05) is 17.5 Å². The number of urea groups is 1. The lowest BCUT2D eigenvalue weighted by Crippen LogP contribution is -2.38. The molecule has 0 saturated heterocycles. The van der Waals surface area contributed by atoms with Crippen LogP contribution in [0.3, 0.4) is 0 Å². The van der Waals surface area contributed by atoms with Crippen molar-refractivity contribution in [1.29, 1.82) is 0 Å². The zero-order valence-corrected chi connectivity index (χ0v) is 11.2. The minimum absolute atomic E-state index is 0.123. The second-order valence-corrected chi connectivity index (χ2v) is 5.03. The Balaban J connectivity index is 1.62. The zero-order chi connectivity index (χ0) is 13.5. The Morgan fingerprint density at radius 1 is 1.37 bits per heavy atom. The fourth-order valence-electron chi connectivity index (χ4n) is 1.59. The topological polar surface area (TPSA) is 74.5 Å². The molecule has 19 heavy (non-hydrogen) atoms. The molecule has 3 N–H and O–H groups in total. The summed E-state index contributed by atoms with van der Waals surface area (Å²) in [6.07, 6.45) is 1.48. The Morgan fingerprint density at radius 3 is 2.95 bits per heavy atom. The summed E-state index contributed by atoms with van der Waals surface area (Å²) in [5, 5.41) is 17.0. The lowest BCUT2D eigenvalue weighted by atomic mass is 10.3. The van der Waals surface area contributed by atoms with Crippen LogP contribution < -0.4 is 10.6 Å². The number of rotatable bonds is 6. The van der Waals surface area contributed by atoms with Gasteiger partial charge >= 0.3 is 6.03 Å². The van der Waals surface area contributed by atoms with Gasteiger partial charge in [0.2, 0.25) is 0 Å². The third-order valence-corrected chi connectivity index (χ3v) is 3.50. The van der Waals surface area contributed by atoms with E-state index in [-0.39, 0.29) is 12.6 Å². The molecule has 0 bridgehead atoms. The van der Waals surface area contributed by atoms with Crippen molar-refractivity contribution in [3.05, 3.63) is 46.5 Å². The highest BCUT2D eigenvalue weighted by atomic mass is 32.1. The monoisotopic (exact) mass is 280 g/mol. The number of hydrogen-bond acceptors (Lipinski definition) is 4. The van der Waals surface area contributed by atoms with Crippen molar-refractivity contribution < 1.29 is 14.3 Å². The SMILES string of the molecule is O=C(NCCc1cccs1)NCC(O)c1ccco1. The van der Waals surface area contributed by atoms with Gasteiger partial charge in [0, 0.05) is 11.4 Å². The Morgan fingerprint density at radius 2 is 2.26 bits per heavy atom. The number of aliphatic hydroxyl groups excluding tert-OH is 1. The van der Waals surface area contributed by atoms with E-state index >= 15 is 0 Å². The number of amides is 2. The molecular weight excluding hydrogens is 264 g/mol. The van der Waals surface area contributed by atoms with E-state index in [2.05, 4.69) is 10.6 Å². The van der Waals surface area contributed by atoms with E-state index in [4.69, 9.17) is 4.42 Å². The molecule has 0 fully saturated rings. The maximum absolute atomic E-state index is 11.5. The molecule has 2 aromatic rings. The van der Waals surface area contributed by atoms with Crippen molar-refractivity contribution >= 4 is 17.4 Å². The third-order valence-electron chi connectivity index (χ3n) is 2.56. The van der Waals surface area contributed by atoms with Gasteiger partial charge in [-0.25, -0.2) is 4.79 Å². The molecular formula is C13H16N2O3S. The lowest BCUT2D eigenvalue weighted by molar-refractivity contribution is 0.148. The first-order valence-electron chi connectivity index (χ1n) is 6.01. The van der Waals surface area contributed by atoms with Gasteiger partial charge in [0.15, 0.2) is 0 Å². The van der Waals surface area contributed by atoms with Crippen molar-refractivity contribution in [3.63, 3.8) is 0 Å². The molecule has 2 aromatic heterocycles. The molecule has 0 spiro atoms. The van der Waals surface area contributed by atoms with Crippen molar-refractivity contribution in [2.75, 3.05) is 13.1 Å². The highest BCUT2D eigenvalue weighted by molar-refractivity contribution is 7.09. The van der Waals surface area contributed by atoms with Gasteiger partial charge < -0.3 is 20.2 Å². The summed E-state index contributed by atoms with van der Waals surface area (Å²) in [4.78, 5) is 12.7. The van der Waals surface area contributed by atoms with Crippen LogP contribution in [0, 0.1) is 0 Å². The second kappa shape index (κ2) is 6.96. The van der Waals surface area contributed by atoms with E-state index in [0.717, 1.165) is 6.42 Å². The summed E-state index contributed by atoms with van der Waals surface area (Å²) in [5.41, 5.74) is 0. The van der Waals surface area contributed by atoms with Crippen molar-refractivity contribution in [2.24, 2.45) is 0 Å². The fraction of sp³-hybridized carbons (Fsp3) is 0.308. The standard InChI is InChI=1S/C13H16N2O3S/c16-11(12-4-1-7-18-12)9-15-13(17)14-6-5-10-3-2-8-19-10/h1-4,7-8,11,16H,5-6,9H2,(H2,14,15,17). The van der Waals surface area contributed by atoms with Crippen LogP contribution in [0.5, 0.6) is 0 Å². The van der Waals surface area contributed by atoms with Crippen molar-refractivity contribution in [2.45, 2.75) is 12.5 Å². The predicted molar refractivity (Wildman–Crippen MR) is 73.1 cm³/mol. The Bertz CT molecular complexity index is 482. The molecule has 2 heterocycles. The number of aliphatic hydroxyl groups is 1. The van der Waals surface area contributed by atoms with E-state index in [9.17, 15) is 9.90 Å². The molecule has 2 rings (SSSR count). The quantitative estimate of drug-likeness (QED) is 0.756. The van der Waals surface area contributed by atoms with Crippen LogP contribution in [-0.2, 0) is 6.42 Å². The molecule has 1 atom stereocenters. The lowest BCUT2D eigenvalue weighted by Gasteiger charge is -2.10. The van der Waals surface area contributed by atoms with Crippen LogP contribution in [0.4, 0.5) is 4.79 Å². The largest absolute Gasteiger partial charge is 0.467 e. The Labute approximate surface area is 115 Å². The molecule has 102 valence electrons. The van der Waals surface area contributed by atoms with Gasteiger partial charge in [0.25, 0.3) is 0 Å². The van der Waals surface area contributed by atoms with Gasteiger partial charge in [-0.2, -0.15) is 0 Å². The highest BCUT2D eigenvalue weighted by Gasteiger charge is 2.11. The van der Waals surface area contributed by atoms with E-state index in [1.54, 1.807) is 23.5 Å². The van der Waals surface area contributed by atoms with Crippen LogP contribution in [0.15, 0.2) is 40.3 Å². The Kier molecular flexibility index (Phi) is 5.00. The minimum atomic E-state index is -0.821. The summed E-state index contributed by atoms with van der Waals surface area (Å²) in [5.74, 6) is 0.443. The van der Waals surface area contributed by atoms with Crippen LogP contribution in [-0.4, -0.2) is 24.2 Å². The first-order chi connectivity index (χ1) is 9.25. The molecule has 0 aliphatic heterocycles. The summed E-state index contributed by atoms with van der Waals surface area (Å²) < 4.78 is 5.04. The first-order valence-corrected chi connectivity index (χ1v) is 6.89. The number of carbonyl (C=O) groups is 1. The van der Waals surface area contributed by atoms with Gasteiger partial charge in [-0.05, 0) is 30.0 Å². The molecule has 0 aromatic carbocycles. The van der Waals surface area contributed by atoms with Gasteiger partial charge in [-0.15, -0.1) is 11.3 Å². The summed E-state index contributed by atoms with van der Waals surface area (Å²) >= 11 is 1.67. The van der Waals surface area contributed by atoms with Gasteiger partial charge in [0.05, 0.1) is 12.8 Å². The van der Waals surface area contributed by atoms with Crippen LogP contribution in [0.2, 0.25) is 0 Å². The minimum Gasteiger partial charge on any atom is -0.467 e. The number of furan rings is 1. The number of nitrogens with one attached hydrogen (secondary N) is 2. The average Bonchev–Trinajstić information content (AvgIpc) is 3.08. The summed E-state index contributed by atoms with van der Waals surface area (Å²) in [7, 11) is 0. The van der Waals surface area contributed by atoms with Gasteiger partial charge in [0.1, 0.15) is 11.9 Å². The molecule has 0 radical (unpaired) electrons. The molecule has 6 heteroatoms. The second-order valence-electron chi connectivity index (χ2n) is 4.00. The molecule has 0 aliphatic carbocycles. The molecule has 5 nitrogen and oxygen atoms in total. The average molecular weight is 280 g/mol. The predicted octanol–water partition coefficient (Wildman–Crippen LogP) is 1.92. The maximum Gasteiger partial charge on any atom is 0.314 e.